The maximum atomic E-state index is 11.2. The molecule has 0 unspecified atom stereocenters. The van der Waals surface area contributed by atoms with Crippen LogP contribution in [0.4, 0.5) is 0 Å². The molecule has 0 saturated heterocycles. The molecule has 252 valence electrons. The Balaban J connectivity index is 3.83. The van der Waals surface area contributed by atoms with Gasteiger partial charge in [0.15, 0.2) is 5.79 Å². The van der Waals surface area contributed by atoms with Crippen molar-refractivity contribution < 1.29 is 9.84 Å². The zero-order valence-corrected chi connectivity index (χ0v) is 29.1. The van der Waals surface area contributed by atoms with Gasteiger partial charge >= 0.3 is 0 Å². The summed E-state index contributed by atoms with van der Waals surface area (Å²) in [4.78, 5) is 0. The molecule has 0 fully saturated rings. The van der Waals surface area contributed by atoms with Crippen LogP contribution >= 0.6 is 0 Å². The van der Waals surface area contributed by atoms with Crippen molar-refractivity contribution in [3.05, 3.63) is 48.6 Å². The van der Waals surface area contributed by atoms with Crippen molar-refractivity contribution in [2.24, 2.45) is 5.73 Å². The second kappa shape index (κ2) is 35.3. The van der Waals surface area contributed by atoms with Crippen LogP contribution in [0.25, 0.3) is 0 Å². The van der Waals surface area contributed by atoms with Crippen molar-refractivity contribution in [2.75, 3.05) is 13.2 Å². The fourth-order valence-electron chi connectivity index (χ4n) is 5.39. The summed E-state index contributed by atoms with van der Waals surface area (Å²) < 4.78 is 5.97. The highest BCUT2D eigenvalue weighted by molar-refractivity contribution is 4.93. The molecule has 0 bridgehead atoms. The van der Waals surface area contributed by atoms with E-state index in [1.54, 1.807) is 0 Å². The van der Waals surface area contributed by atoms with Crippen LogP contribution in [0.5, 0.6) is 0 Å². The summed E-state index contributed by atoms with van der Waals surface area (Å²) in [7, 11) is 0. The lowest BCUT2D eigenvalue weighted by Crippen LogP contribution is -2.33. The van der Waals surface area contributed by atoms with Crippen LogP contribution < -0.4 is 5.73 Å². The van der Waals surface area contributed by atoms with E-state index in [-0.39, 0.29) is 0 Å². The Morgan fingerprint density at radius 2 is 0.814 bits per heavy atom. The van der Waals surface area contributed by atoms with Gasteiger partial charge in [-0.1, -0.05) is 140 Å². The highest BCUT2D eigenvalue weighted by atomic mass is 16.6. The molecular formula is C40H75NO2. The number of hydrogen-bond donors (Lipinski definition) is 2. The molecule has 0 atom stereocenters. The van der Waals surface area contributed by atoms with E-state index in [0.717, 1.165) is 44.9 Å². The Hall–Kier alpha value is -1.16. The molecule has 0 radical (unpaired) electrons. The molecule has 0 aliphatic heterocycles. The van der Waals surface area contributed by atoms with Gasteiger partial charge in [0.05, 0.1) is 6.61 Å². The molecule has 0 saturated carbocycles. The van der Waals surface area contributed by atoms with E-state index in [2.05, 4.69) is 62.5 Å². The number of aliphatic hydroxyl groups is 1. The van der Waals surface area contributed by atoms with Gasteiger partial charge in [0.2, 0.25) is 0 Å². The first-order valence-electron chi connectivity index (χ1n) is 18.8. The van der Waals surface area contributed by atoms with Gasteiger partial charge in [-0.05, 0) is 90.0 Å². The normalized spacial score (nSPS) is 12.7. The molecule has 0 amide bonds. The zero-order valence-electron chi connectivity index (χ0n) is 29.1. The molecule has 3 nitrogen and oxygen atoms in total. The van der Waals surface area contributed by atoms with E-state index < -0.39 is 5.79 Å². The molecule has 0 aromatic heterocycles. The van der Waals surface area contributed by atoms with Gasteiger partial charge in [-0.2, -0.15) is 0 Å². The van der Waals surface area contributed by atoms with Crippen molar-refractivity contribution in [3.63, 3.8) is 0 Å². The minimum atomic E-state index is -0.959. The average molecular weight is 602 g/mol. The van der Waals surface area contributed by atoms with Gasteiger partial charge in [-0.15, -0.1) is 0 Å². The average Bonchev–Trinajstić information content (AvgIpc) is 3.01. The number of allylic oxidation sites excluding steroid dienone is 8. The molecule has 43 heavy (non-hydrogen) atoms. The summed E-state index contributed by atoms with van der Waals surface area (Å²) in [5, 5.41) is 11.2. The van der Waals surface area contributed by atoms with E-state index in [4.69, 9.17) is 10.5 Å². The van der Waals surface area contributed by atoms with Crippen molar-refractivity contribution >= 4 is 0 Å². The monoisotopic (exact) mass is 602 g/mol. The van der Waals surface area contributed by atoms with E-state index in [0.29, 0.717) is 13.2 Å². The van der Waals surface area contributed by atoms with Gasteiger partial charge < -0.3 is 15.6 Å². The quantitative estimate of drug-likeness (QED) is 0.0438. The first-order chi connectivity index (χ1) is 21.2. The van der Waals surface area contributed by atoms with Crippen molar-refractivity contribution in [1.82, 2.24) is 0 Å². The second-order valence-electron chi connectivity index (χ2n) is 12.6. The summed E-state index contributed by atoms with van der Waals surface area (Å²) in [6, 6.07) is 0. The van der Waals surface area contributed by atoms with Crippen LogP contribution in [0, 0.1) is 0 Å². The maximum absolute atomic E-state index is 11.2. The summed E-state index contributed by atoms with van der Waals surface area (Å²) in [6.07, 6.45) is 50.7. The summed E-state index contributed by atoms with van der Waals surface area (Å²) in [5.41, 5.74) is 5.66. The van der Waals surface area contributed by atoms with Crippen LogP contribution in [0.2, 0.25) is 0 Å². The largest absolute Gasteiger partial charge is 0.365 e. The third kappa shape index (κ3) is 33.6. The molecule has 0 aromatic rings. The van der Waals surface area contributed by atoms with Gasteiger partial charge in [0.1, 0.15) is 0 Å². The standard InChI is InChI=1S/C40H75NO2/c1-3-5-7-9-11-13-15-17-19-21-23-25-27-29-31-33-36-40(42,43-39-35-38-41)37-34-32-30-28-26-24-22-20-18-16-14-12-10-8-6-4-2/h11-14,17-20,42H,3-10,15-16,21-39,41H2,1-2H3/b13-11-,14-12-,19-17-,20-18-. The Morgan fingerprint density at radius 1 is 0.465 bits per heavy atom. The lowest BCUT2D eigenvalue weighted by molar-refractivity contribution is -0.213. The molecule has 3 N–H and O–H groups in total. The predicted molar refractivity (Wildman–Crippen MR) is 193 cm³/mol. The van der Waals surface area contributed by atoms with E-state index >= 15 is 0 Å². The maximum Gasteiger partial charge on any atom is 0.165 e. The first kappa shape index (κ1) is 41.8. The topological polar surface area (TPSA) is 55.5 Å². The number of hydrogen-bond acceptors (Lipinski definition) is 3. The van der Waals surface area contributed by atoms with Crippen LogP contribution in [0.1, 0.15) is 187 Å². The first-order valence-corrected chi connectivity index (χ1v) is 18.8. The van der Waals surface area contributed by atoms with Crippen LogP contribution in [0.15, 0.2) is 48.6 Å². The Kier molecular flexibility index (Phi) is 34.4. The molecule has 0 spiro atoms. The minimum absolute atomic E-state index is 0.567. The zero-order chi connectivity index (χ0) is 31.4. The summed E-state index contributed by atoms with van der Waals surface area (Å²) >= 11 is 0. The fraction of sp³-hybridized carbons (Fsp3) is 0.800. The number of rotatable bonds is 34. The van der Waals surface area contributed by atoms with Crippen LogP contribution in [-0.2, 0) is 4.74 Å². The molecular weight excluding hydrogens is 526 g/mol. The molecule has 3 heteroatoms. The number of unbranched alkanes of at least 4 members (excludes halogenated alkanes) is 18. The van der Waals surface area contributed by atoms with E-state index in [9.17, 15) is 5.11 Å². The van der Waals surface area contributed by atoms with E-state index in [1.165, 1.54) is 128 Å². The molecule has 0 aromatic carbocycles. The third-order valence-corrected chi connectivity index (χ3v) is 8.26. The van der Waals surface area contributed by atoms with Crippen LogP contribution in [-0.4, -0.2) is 24.0 Å². The highest BCUT2D eigenvalue weighted by Gasteiger charge is 2.26. The van der Waals surface area contributed by atoms with Gasteiger partial charge in [0, 0.05) is 12.8 Å². The molecule has 0 aliphatic rings. The number of nitrogens with two attached hydrogens (primary N) is 1. The lowest BCUT2D eigenvalue weighted by Gasteiger charge is -2.28. The van der Waals surface area contributed by atoms with Gasteiger partial charge in [-0.25, -0.2) is 0 Å². The predicted octanol–water partition coefficient (Wildman–Crippen LogP) is 12.4. The second-order valence-corrected chi connectivity index (χ2v) is 12.6. The Bertz CT molecular complexity index is 603. The third-order valence-electron chi connectivity index (χ3n) is 8.26. The van der Waals surface area contributed by atoms with Gasteiger partial charge in [0.25, 0.3) is 0 Å². The fourth-order valence-corrected chi connectivity index (χ4v) is 5.39. The SMILES string of the molecule is CCCCC/C=C\C/C=C\CCCCCCCCC(O)(CCCCCCCC/C=C\C/C=C\CCCCC)OCCCN. The van der Waals surface area contributed by atoms with Crippen molar-refractivity contribution in [1.29, 1.82) is 0 Å². The highest BCUT2D eigenvalue weighted by Crippen LogP contribution is 2.25. The summed E-state index contributed by atoms with van der Waals surface area (Å²) in [5.74, 6) is -0.959. The molecule has 0 rings (SSSR count). The summed E-state index contributed by atoms with van der Waals surface area (Å²) in [6.45, 7) is 5.70. The van der Waals surface area contributed by atoms with Gasteiger partial charge in [-0.3, -0.25) is 0 Å². The Morgan fingerprint density at radius 3 is 1.19 bits per heavy atom. The molecule has 0 heterocycles. The van der Waals surface area contributed by atoms with Crippen molar-refractivity contribution in [3.8, 4) is 0 Å². The Labute approximate surface area is 269 Å². The van der Waals surface area contributed by atoms with Crippen molar-refractivity contribution in [2.45, 2.75) is 193 Å². The smallest absolute Gasteiger partial charge is 0.165 e. The molecule has 0 aliphatic carbocycles. The van der Waals surface area contributed by atoms with Crippen LogP contribution in [0.3, 0.4) is 0 Å². The lowest BCUT2D eigenvalue weighted by atomic mass is 9.98. The minimum Gasteiger partial charge on any atom is -0.365 e. The van der Waals surface area contributed by atoms with E-state index in [1.807, 2.05) is 0 Å². The number of ether oxygens (including phenoxy) is 1.